The van der Waals surface area contributed by atoms with E-state index in [4.69, 9.17) is 4.74 Å². The first-order valence-corrected chi connectivity index (χ1v) is 11.6. The second kappa shape index (κ2) is 10.8. The molecule has 3 rings (SSSR count). The zero-order chi connectivity index (χ0) is 23.3. The standard InChI is InChI=1S/C27H36N2O3/c1-6-14-28(15-7-2)17-23(31)18-32-24-12-13-26-25(16-24)27(21(5)30)20(4)29(26)22-10-8-19(3)9-11-22/h8-13,16,23,31H,6-7,14-15,17-18H2,1-5H3/t23-/m0/s1. The number of hydrogen-bond donors (Lipinski definition) is 1. The van der Waals surface area contributed by atoms with Crippen LogP contribution in [0.4, 0.5) is 0 Å². The molecule has 1 N–H and O–H groups in total. The lowest BCUT2D eigenvalue weighted by Crippen LogP contribution is -2.36. The molecule has 0 unspecified atom stereocenters. The number of fused-ring (bicyclic) bond motifs is 1. The fourth-order valence-corrected chi connectivity index (χ4v) is 4.43. The highest BCUT2D eigenvalue weighted by atomic mass is 16.5. The topological polar surface area (TPSA) is 54.7 Å². The number of benzene rings is 2. The molecule has 0 saturated heterocycles. The maximum atomic E-state index is 12.5. The SMILES string of the molecule is CCCN(CCC)C[C@H](O)COc1ccc2c(c1)c(C(C)=O)c(C)n2-c1ccc(C)cc1. The van der Waals surface area contributed by atoms with Crippen molar-refractivity contribution in [2.75, 3.05) is 26.2 Å². The van der Waals surface area contributed by atoms with Crippen molar-refractivity contribution in [2.24, 2.45) is 0 Å². The Morgan fingerprint density at radius 3 is 2.31 bits per heavy atom. The molecule has 0 aliphatic carbocycles. The number of ketones is 1. The third-order valence-corrected chi connectivity index (χ3v) is 5.81. The summed E-state index contributed by atoms with van der Waals surface area (Å²) in [6.07, 6.45) is 1.57. The van der Waals surface area contributed by atoms with Gasteiger partial charge in [0.05, 0.1) is 5.52 Å². The summed E-state index contributed by atoms with van der Waals surface area (Å²) in [4.78, 5) is 14.8. The minimum absolute atomic E-state index is 0.0327. The molecule has 3 aromatic rings. The third-order valence-electron chi connectivity index (χ3n) is 5.81. The highest BCUT2D eigenvalue weighted by Crippen LogP contribution is 2.32. The molecule has 32 heavy (non-hydrogen) atoms. The fourth-order valence-electron chi connectivity index (χ4n) is 4.43. The number of carbonyl (C=O) groups excluding carboxylic acids is 1. The molecule has 2 aromatic carbocycles. The zero-order valence-corrected chi connectivity index (χ0v) is 20.0. The van der Waals surface area contributed by atoms with Crippen LogP contribution >= 0.6 is 0 Å². The highest BCUT2D eigenvalue weighted by molar-refractivity contribution is 6.09. The van der Waals surface area contributed by atoms with E-state index in [-0.39, 0.29) is 12.4 Å². The molecule has 0 bridgehead atoms. The molecular weight excluding hydrogens is 400 g/mol. The monoisotopic (exact) mass is 436 g/mol. The minimum atomic E-state index is -0.560. The number of rotatable bonds is 11. The van der Waals surface area contributed by atoms with Crippen molar-refractivity contribution in [3.8, 4) is 11.4 Å². The Kier molecular flexibility index (Phi) is 8.10. The first-order chi connectivity index (χ1) is 15.3. The normalized spacial score (nSPS) is 12.5. The van der Waals surface area contributed by atoms with Crippen molar-refractivity contribution >= 4 is 16.7 Å². The van der Waals surface area contributed by atoms with Crippen molar-refractivity contribution < 1.29 is 14.6 Å². The van der Waals surface area contributed by atoms with Gasteiger partial charge in [0, 0.05) is 28.9 Å². The van der Waals surface area contributed by atoms with Crippen LogP contribution in [0.25, 0.3) is 16.6 Å². The molecule has 1 aromatic heterocycles. The second-order valence-corrected chi connectivity index (χ2v) is 8.63. The van der Waals surface area contributed by atoms with Gasteiger partial charge >= 0.3 is 0 Å². The Morgan fingerprint density at radius 1 is 1.06 bits per heavy atom. The van der Waals surface area contributed by atoms with Crippen molar-refractivity contribution in [3.05, 3.63) is 59.3 Å². The van der Waals surface area contributed by atoms with Crippen LogP contribution in [0, 0.1) is 13.8 Å². The van der Waals surface area contributed by atoms with Crippen LogP contribution in [-0.4, -0.2) is 52.7 Å². The summed E-state index contributed by atoms with van der Waals surface area (Å²) in [6, 6.07) is 14.1. The van der Waals surface area contributed by atoms with Crippen LogP contribution < -0.4 is 4.74 Å². The summed E-state index contributed by atoms with van der Waals surface area (Å²) in [5.41, 5.74) is 4.83. The van der Waals surface area contributed by atoms with E-state index in [2.05, 4.69) is 54.5 Å². The molecular formula is C27H36N2O3. The predicted octanol–water partition coefficient (Wildman–Crippen LogP) is 5.31. The van der Waals surface area contributed by atoms with Gasteiger partial charge in [0.15, 0.2) is 5.78 Å². The maximum Gasteiger partial charge on any atom is 0.162 e. The minimum Gasteiger partial charge on any atom is -0.491 e. The molecule has 0 aliphatic heterocycles. The van der Waals surface area contributed by atoms with Crippen molar-refractivity contribution in [3.63, 3.8) is 0 Å². The van der Waals surface area contributed by atoms with E-state index < -0.39 is 6.10 Å². The van der Waals surface area contributed by atoms with Crippen LogP contribution in [0.5, 0.6) is 5.75 Å². The number of aliphatic hydroxyl groups excluding tert-OH is 1. The van der Waals surface area contributed by atoms with E-state index in [0.717, 1.165) is 48.2 Å². The van der Waals surface area contributed by atoms with Gasteiger partial charge in [-0.3, -0.25) is 4.79 Å². The van der Waals surface area contributed by atoms with Gasteiger partial charge in [-0.05, 0) is 77.0 Å². The average molecular weight is 437 g/mol. The number of aromatic nitrogens is 1. The van der Waals surface area contributed by atoms with E-state index in [1.807, 2.05) is 25.1 Å². The van der Waals surface area contributed by atoms with Crippen molar-refractivity contribution in [2.45, 2.75) is 53.6 Å². The average Bonchev–Trinajstić information content (AvgIpc) is 3.04. The molecule has 172 valence electrons. The summed E-state index contributed by atoms with van der Waals surface area (Å²) in [5, 5.41) is 11.4. The van der Waals surface area contributed by atoms with Gasteiger partial charge in [0.2, 0.25) is 0 Å². The number of nitrogens with zero attached hydrogens (tertiary/aromatic N) is 2. The summed E-state index contributed by atoms with van der Waals surface area (Å²) in [5.74, 6) is 0.697. The van der Waals surface area contributed by atoms with Gasteiger partial charge < -0.3 is 19.3 Å². The Morgan fingerprint density at radius 2 is 1.72 bits per heavy atom. The molecule has 0 radical (unpaired) electrons. The van der Waals surface area contributed by atoms with E-state index in [1.165, 1.54) is 5.56 Å². The number of hydrogen-bond acceptors (Lipinski definition) is 4. The molecule has 0 fully saturated rings. The molecule has 1 heterocycles. The number of carbonyl (C=O) groups is 1. The van der Waals surface area contributed by atoms with Crippen LogP contribution in [-0.2, 0) is 0 Å². The van der Waals surface area contributed by atoms with E-state index in [1.54, 1.807) is 6.92 Å². The Hall–Kier alpha value is -2.63. The smallest absolute Gasteiger partial charge is 0.162 e. The fraction of sp³-hybridized carbons (Fsp3) is 0.444. The quantitative estimate of drug-likeness (QED) is 0.414. The summed E-state index contributed by atoms with van der Waals surface area (Å²) < 4.78 is 8.06. The molecule has 0 spiro atoms. The van der Waals surface area contributed by atoms with Gasteiger partial charge in [-0.25, -0.2) is 0 Å². The van der Waals surface area contributed by atoms with Gasteiger partial charge in [0.1, 0.15) is 18.5 Å². The van der Waals surface area contributed by atoms with E-state index in [0.29, 0.717) is 17.9 Å². The van der Waals surface area contributed by atoms with Crippen LogP contribution in [0.1, 0.15) is 55.2 Å². The Balaban J connectivity index is 1.86. The van der Waals surface area contributed by atoms with E-state index >= 15 is 0 Å². The molecule has 1 atom stereocenters. The zero-order valence-electron chi connectivity index (χ0n) is 20.0. The highest BCUT2D eigenvalue weighted by Gasteiger charge is 2.19. The molecule has 0 aliphatic rings. The predicted molar refractivity (Wildman–Crippen MR) is 131 cm³/mol. The molecule has 5 nitrogen and oxygen atoms in total. The summed E-state index contributed by atoms with van der Waals surface area (Å²) in [7, 11) is 0. The Bertz CT molecular complexity index is 1050. The number of aliphatic hydroxyl groups is 1. The first-order valence-electron chi connectivity index (χ1n) is 11.6. The largest absolute Gasteiger partial charge is 0.491 e. The van der Waals surface area contributed by atoms with Crippen LogP contribution in [0.2, 0.25) is 0 Å². The third kappa shape index (κ3) is 5.40. The van der Waals surface area contributed by atoms with Gasteiger partial charge in [-0.2, -0.15) is 0 Å². The van der Waals surface area contributed by atoms with Crippen LogP contribution in [0.15, 0.2) is 42.5 Å². The van der Waals surface area contributed by atoms with Gasteiger partial charge in [0.25, 0.3) is 0 Å². The number of aryl methyl sites for hydroxylation is 1. The lowest BCUT2D eigenvalue weighted by atomic mass is 10.1. The second-order valence-electron chi connectivity index (χ2n) is 8.63. The van der Waals surface area contributed by atoms with Gasteiger partial charge in [-0.15, -0.1) is 0 Å². The molecule has 0 saturated carbocycles. The molecule has 0 amide bonds. The van der Waals surface area contributed by atoms with E-state index in [9.17, 15) is 9.90 Å². The number of ether oxygens (including phenoxy) is 1. The first kappa shape index (κ1) is 24.0. The molecule has 5 heteroatoms. The summed E-state index contributed by atoms with van der Waals surface area (Å²) in [6.45, 7) is 12.7. The Labute approximate surface area is 191 Å². The maximum absolute atomic E-state index is 12.5. The van der Waals surface area contributed by atoms with Crippen molar-refractivity contribution in [1.82, 2.24) is 9.47 Å². The number of Topliss-reactive ketones (excluding diaryl/α,β-unsaturated/α-hetero) is 1. The lowest BCUT2D eigenvalue weighted by molar-refractivity contribution is 0.0682. The van der Waals surface area contributed by atoms with Crippen LogP contribution in [0.3, 0.4) is 0 Å². The summed E-state index contributed by atoms with van der Waals surface area (Å²) >= 11 is 0. The lowest BCUT2D eigenvalue weighted by Gasteiger charge is -2.24. The van der Waals surface area contributed by atoms with Crippen molar-refractivity contribution in [1.29, 1.82) is 0 Å². The van der Waals surface area contributed by atoms with Gasteiger partial charge in [-0.1, -0.05) is 31.5 Å².